The first-order chi connectivity index (χ1) is 9.72. The molecule has 1 aliphatic heterocycles. The number of hydrogen-bond donors (Lipinski definition) is 0. The highest BCUT2D eigenvalue weighted by Crippen LogP contribution is 2.35. The number of fused-ring (bicyclic) bond motifs is 1. The van der Waals surface area contributed by atoms with Crippen molar-refractivity contribution in [3.05, 3.63) is 51.6 Å². The van der Waals surface area contributed by atoms with Gasteiger partial charge in [-0.25, -0.2) is 0 Å². The van der Waals surface area contributed by atoms with E-state index in [9.17, 15) is 4.79 Å². The average molecular weight is 382 g/mol. The molecule has 0 fully saturated rings. The van der Waals surface area contributed by atoms with Crippen LogP contribution in [0.15, 0.2) is 42.5 Å². The summed E-state index contributed by atoms with van der Waals surface area (Å²) in [4.78, 5) is 12.0. The molecule has 0 atom stereocenters. The van der Waals surface area contributed by atoms with E-state index in [4.69, 9.17) is 14.2 Å². The highest BCUT2D eigenvalue weighted by Gasteiger charge is 2.14. The van der Waals surface area contributed by atoms with E-state index in [-0.39, 0.29) is 19.2 Å². The summed E-state index contributed by atoms with van der Waals surface area (Å²) in [5.74, 6) is 1.87. The number of carbonyl (C=O) groups is 1. The lowest BCUT2D eigenvalue weighted by molar-refractivity contribution is 0.0921. The van der Waals surface area contributed by atoms with Crippen molar-refractivity contribution in [2.75, 3.05) is 13.4 Å². The van der Waals surface area contributed by atoms with E-state index in [1.807, 2.05) is 12.1 Å². The average Bonchev–Trinajstić information content (AvgIpc) is 2.93. The highest BCUT2D eigenvalue weighted by molar-refractivity contribution is 14.1. The molecule has 0 radical (unpaired) electrons. The van der Waals surface area contributed by atoms with Crippen LogP contribution in [0.25, 0.3) is 0 Å². The molecule has 0 aromatic heterocycles. The number of Topliss-reactive ketones (excluding diaryl/α,β-unsaturated/α-hetero) is 1. The van der Waals surface area contributed by atoms with Crippen molar-refractivity contribution >= 4 is 28.4 Å². The first-order valence-corrected chi connectivity index (χ1v) is 7.11. The van der Waals surface area contributed by atoms with Crippen LogP contribution >= 0.6 is 22.6 Å². The maximum absolute atomic E-state index is 12.0. The second-order valence-electron chi connectivity index (χ2n) is 4.23. The summed E-state index contributed by atoms with van der Waals surface area (Å²) in [6.45, 7) is 0.223. The molecule has 0 spiro atoms. The van der Waals surface area contributed by atoms with Gasteiger partial charge in [-0.2, -0.15) is 0 Å². The normalized spacial score (nSPS) is 12.2. The summed E-state index contributed by atoms with van der Waals surface area (Å²) in [5.41, 5.74) is 0.645. The van der Waals surface area contributed by atoms with Crippen molar-refractivity contribution in [3.8, 4) is 17.2 Å². The molecular formula is C15H11IO4. The molecule has 0 amide bonds. The lowest BCUT2D eigenvalue weighted by Gasteiger charge is -2.06. The molecule has 0 aliphatic carbocycles. The van der Waals surface area contributed by atoms with Gasteiger partial charge in [-0.1, -0.05) is 12.1 Å². The van der Waals surface area contributed by atoms with Gasteiger partial charge in [0, 0.05) is 15.2 Å². The van der Waals surface area contributed by atoms with Gasteiger partial charge >= 0.3 is 0 Å². The van der Waals surface area contributed by atoms with E-state index in [0.29, 0.717) is 22.8 Å². The van der Waals surface area contributed by atoms with Crippen molar-refractivity contribution in [1.29, 1.82) is 0 Å². The van der Waals surface area contributed by atoms with Gasteiger partial charge in [-0.15, -0.1) is 0 Å². The number of benzene rings is 2. The second kappa shape index (κ2) is 5.70. The van der Waals surface area contributed by atoms with Crippen molar-refractivity contribution in [1.82, 2.24) is 0 Å². The molecule has 0 N–H and O–H groups in total. The molecule has 0 unspecified atom stereocenters. The molecule has 2 aromatic carbocycles. The largest absolute Gasteiger partial charge is 0.485 e. The van der Waals surface area contributed by atoms with E-state index in [2.05, 4.69) is 22.6 Å². The lowest BCUT2D eigenvalue weighted by atomic mass is 10.1. The predicted molar refractivity (Wildman–Crippen MR) is 81.5 cm³/mol. The van der Waals surface area contributed by atoms with Crippen LogP contribution in [-0.4, -0.2) is 19.2 Å². The van der Waals surface area contributed by atoms with Gasteiger partial charge in [0.15, 0.2) is 23.9 Å². The zero-order valence-electron chi connectivity index (χ0n) is 10.5. The quantitative estimate of drug-likeness (QED) is 0.602. The Morgan fingerprint density at radius 1 is 1.10 bits per heavy atom. The summed E-state index contributed by atoms with van der Waals surface area (Å²) in [5, 5.41) is 0. The Balaban J connectivity index is 1.64. The van der Waals surface area contributed by atoms with Gasteiger partial charge in [0.2, 0.25) is 6.79 Å². The molecule has 3 rings (SSSR count). The van der Waals surface area contributed by atoms with Crippen molar-refractivity contribution < 1.29 is 19.0 Å². The number of carbonyl (C=O) groups excluding carboxylic acids is 1. The number of hydrogen-bond acceptors (Lipinski definition) is 4. The van der Waals surface area contributed by atoms with Crippen LogP contribution in [0.3, 0.4) is 0 Å². The molecule has 0 saturated carbocycles. The van der Waals surface area contributed by atoms with Crippen molar-refractivity contribution in [3.63, 3.8) is 0 Å². The van der Waals surface area contributed by atoms with E-state index in [0.717, 1.165) is 3.57 Å². The maximum Gasteiger partial charge on any atom is 0.231 e. The second-order valence-corrected chi connectivity index (χ2v) is 5.48. The number of ether oxygens (including phenoxy) is 3. The molecular weight excluding hydrogens is 371 g/mol. The smallest absolute Gasteiger partial charge is 0.231 e. The van der Waals surface area contributed by atoms with E-state index in [1.54, 1.807) is 30.3 Å². The molecule has 1 heterocycles. The molecule has 4 nitrogen and oxygen atoms in total. The molecule has 2 aromatic rings. The minimum Gasteiger partial charge on any atom is -0.485 e. The molecule has 0 saturated heterocycles. The van der Waals surface area contributed by atoms with Crippen molar-refractivity contribution in [2.45, 2.75) is 0 Å². The third-order valence-electron chi connectivity index (χ3n) is 2.88. The van der Waals surface area contributed by atoms with E-state index in [1.165, 1.54) is 0 Å². The lowest BCUT2D eigenvalue weighted by Crippen LogP contribution is -2.11. The Bertz CT molecular complexity index is 637. The zero-order valence-corrected chi connectivity index (χ0v) is 12.6. The molecule has 1 aliphatic rings. The summed E-state index contributed by atoms with van der Waals surface area (Å²) >= 11 is 2.20. The minimum atomic E-state index is -0.0564. The fourth-order valence-electron chi connectivity index (χ4n) is 1.83. The summed E-state index contributed by atoms with van der Waals surface area (Å²) < 4.78 is 17.1. The van der Waals surface area contributed by atoms with Gasteiger partial charge in [-0.3, -0.25) is 4.79 Å². The van der Waals surface area contributed by atoms with Crippen LogP contribution in [0.5, 0.6) is 17.2 Å². The fraction of sp³-hybridized carbons (Fsp3) is 0.133. The molecule has 0 bridgehead atoms. The Morgan fingerprint density at radius 2 is 1.85 bits per heavy atom. The van der Waals surface area contributed by atoms with Crippen LogP contribution in [-0.2, 0) is 0 Å². The summed E-state index contributed by atoms with van der Waals surface area (Å²) in [7, 11) is 0. The Labute approximate surface area is 129 Å². The Hall–Kier alpha value is -1.76. The van der Waals surface area contributed by atoms with Crippen LogP contribution in [0, 0.1) is 3.57 Å². The molecule has 102 valence electrons. The SMILES string of the molecule is O=C(COc1ccc2c(c1)OCO2)c1ccc(I)cc1. The van der Waals surface area contributed by atoms with E-state index < -0.39 is 0 Å². The first-order valence-electron chi connectivity index (χ1n) is 6.03. The zero-order chi connectivity index (χ0) is 13.9. The van der Waals surface area contributed by atoms with Crippen LogP contribution in [0.2, 0.25) is 0 Å². The number of ketones is 1. The fourth-order valence-corrected chi connectivity index (χ4v) is 2.19. The van der Waals surface area contributed by atoms with Crippen LogP contribution < -0.4 is 14.2 Å². The van der Waals surface area contributed by atoms with Gasteiger partial charge < -0.3 is 14.2 Å². The van der Waals surface area contributed by atoms with Gasteiger partial charge in [0.25, 0.3) is 0 Å². The number of halogens is 1. The van der Waals surface area contributed by atoms with Gasteiger partial charge in [0.1, 0.15) is 5.75 Å². The van der Waals surface area contributed by atoms with E-state index >= 15 is 0 Å². The minimum absolute atomic E-state index is 0.000234. The topological polar surface area (TPSA) is 44.8 Å². The standard InChI is InChI=1S/C15H11IO4/c16-11-3-1-10(2-4-11)13(17)8-18-12-5-6-14-15(7-12)20-9-19-14/h1-7H,8-9H2. The third kappa shape index (κ3) is 2.87. The Kier molecular flexibility index (Phi) is 3.77. The predicted octanol–water partition coefficient (Wildman–Crippen LogP) is 3.28. The first kappa shape index (κ1) is 13.2. The van der Waals surface area contributed by atoms with Crippen LogP contribution in [0.4, 0.5) is 0 Å². The monoisotopic (exact) mass is 382 g/mol. The van der Waals surface area contributed by atoms with Crippen LogP contribution in [0.1, 0.15) is 10.4 Å². The highest BCUT2D eigenvalue weighted by atomic mass is 127. The van der Waals surface area contributed by atoms with Gasteiger partial charge in [0.05, 0.1) is 0 Å². The number of rotatable bonds is 4. The maximum atomic E-state index is 12.0. The summed E-state index contributed by atoms with van der Waals surface area (Å²) in [6, 6.07) is 12.6. The van der Waals surface area contributed by atoms with Crippen molar-refractivity contribution in [2.24, 2.45) is 0 Å². The molecule has 5 heteroatoms. The molecule has 20 heavy (non-hydrogen) atoms. The van der Waals surface area contributed by atoms with Gasteiger partial charge in [-0.05, 0) is 46.9 Å². The summed E-state index contributed by atoms with van der Waals surface area (Å²) in [6.07, 6.45) is 0. The Morgan fingerprint density at radius 3 is 2.65 bits per heavy atom. The third-order valence-corrected chi connectivity index (χ3v) is 3.60.